The maximum absolute atomic E-state index is 11.5. The number of rotatable bonds is 4. The number of esters is 1. The molecule has 1 aliphatic rings. The van der Waals surface area contributed by atoms with Crippen LogP contribution in [-0.4, -0.2) is 18.4 Å². The van der Waals surface area contributed by atoms with E-state index in [2.05, 4.69) is 10.5 Å². The van der Waals surface area contributed by atoms with Crippen LogP contribution in [0, 0.1) is 0 Å². The number of amidine groups is 1. The number of carbonyl (C=O) groups excluding carboxylic acids is 1. The number of hydrogen-bond acceptors (Lipinski definition) is 5. The molecule has 5 heteroatoms. The van der Waals surface area contributed by atoms with Crippen LogP contribution in [0.15, 0.2) is 47.3 Å². The summed E-state index contributed by atoms with van der Waals surface area (Å²) in [5, 5.41) is 0. The molecule has 1 aromatic rings. The average molecular weight is 246 g/mol. The Labute approximate surface area is 105 Å². The summed E-state index contributed by atoms with van der Waals surface area (Å²) in [4.78, 5) is 20.6. The van der Waals surface area contributed by atoms with Gasteiger partial charge in [-0.2, -0.15) is 5.48 Å². The Balaban J connectivity index is 2.06. The van der Waals surface area contributed by atoms with Crippen molar-refractivity contribution in [3.8, 4) is 0 Å². The summed E-state index contributed by atoms with van der Waals surface area (Å²) in [6.07, 6.45) is 2.08. The predicted molar refractivity (Wildman–Crippen MR) is 66.5 cm³/mol. The molecule has 0 unspecified atom stereocenters. The minimum atomic E-state index is -0.517. The molecular weight excluding hydrogens is 232 g/mol. The van der Waals surface area contributed by atoms with Crippen LogP contribution in [-0.2, 0) is 20.8 Å². The zero-order valence-corrected chi connectivity index (χ0v) is 10.1. The van der Waals surface area contributed by atoms with Crippen molar-refractivity contribution in [1.82, 2.24) is 5.48 Å². The second kappa shape index (κ2) is 5.86. The highest BCUT2D eigenvalue weighted by Crippen LogP contribution is 2.11. The summed E-state index contributed by atoms with van der Waals surface area (Å²) in [6.45, 7) is 2.04. The molecule has 0 fully saturated rings. The van der Waals surface area contributed by atoms with Crippen molar-refractivity contribution in [3.63, 3.8) is 0 Å². The number of hydroxylamine groups is 1. The third-order valence-electron chi connectivity index (χ3n) is 2.30. The molecular formula is C13H14N2O3. The molecule has 0 radical (unpaired) electrons. The van der Waals surface area contributed by atoms with Gasteiger partial charge in [-0.25, -0.2) is 9.79 Å². The molecule has 1 N–H and O–H groups in total. The summed E-state index contributed by atoms with van der Waals surface area (Å²) in [5.41, 5.74) is 4.19. The van der Waals surface area contributed by atoms with Gasteiger partial charge in [0.1, 0.15) is 6.26 Å². The number of ether oxygens (including phenoxy) is 1. The van der Waals surface area contributed by atoms with Gasteiger partial charge in [-0.1, -0.05) is 30.3 Å². The summed E-state index contributed by atoms with van der Waals surface area (Å²) < 4.78 is 4.84. The maximum atomic E-state index is 11.5. The van der Waals surface area contributed by atoms with Crippen molar-refractivity contribution in [2.45, 2.75) is 13.3 Å². The van der Waals surface area contributed by atoms with E-state index in [1.54, 1.807) is 6.92 Å². The lowest BCUT2D eigenvalue weighted by Gasteiger charge is -2.13. The lowest BCUT2D eigenvalue weighted by Crippen LogP contribution is -2.34. The fraction of sp³-hybridized carbons (Fsp3) is 0.231. The average Bonchev–Trinajstić information content (AvgIpc) is 2.40. The van der Waals surface area contributed by atoms with Gasteiger partial charge in [0.15, 0.2) is 0 Å². The second-order valence-corrected chi connectivity index (χ2v) is 3.67. The first kappa shape index (κ1) is 12.2. The molecule has 18 heavy (non-hydrogen) atoms. The van der Waals surface area contributed by atoms with Gasteiger partial charge >= 0.3 is 5.97 Å². The quantitative estimate of drug-likeness (QED) is 0.819. The van der Waals surface area contributed by atoms with E-state index >= 15 is 0 Å². The van der Waals surface area contributed by atoms with Crippen LogP contribution < -0.4 is 5.48 Å². The van der Waals surface area contributed by atoms with Gasteiger partial charge in [0.2, 0.25) is 5.84 Å². The molecule has 0 saturated heterocycles. The lowest BCUT2D eigenvalue weighted by atomic mass is 10.1. The van der Waals surface area contributed by atoms with E-state index in [-0.39, 0.29) is 5.84 Å². The first-order chi connectivity index (χ1) is 8.79. The first-order valence-electron chi connectivity index (χ1n) is 5.70. The van der Waals surface area contributed by atoms with Gasteiger partial charge < -0.3 is 9.57 Å². The number of allylic oxidation sites excluding steroid dienone is 1. The van der Waals surface area contributed by atoms with Crippen LogP contribution in [0.25, 0.3) is 0 Å². The monoisotopic (exact) mass is 246 g/mol. The molecule has 0 spiro atoms. The molecule has 5 nitrogen and oxygen atoms in total. The molecule has 0 aliphatic carbocycles. The van der Waals surface area contributed by atoms with E-state index in [9.17, 15) is 4.79 Å². The van der Waals surface area contributed by atoms with Crippen LogP contribution in [0.1, 0.15) is 12.5 Å². The van der Waals surface area contributed by atoms with Crippen LogP contribution in [0.3, 0.4) is 0 Å². The number of aliphatic imine (C=N–C) groups is 1. The highest BCUT2D eigenvalue weighted by molar-refractivity contribution is 6.35. The highest BCUT2D eigenvalue weighted by Gasteiger charge is 2.17. The van der Waals surface area contributed by atoms with Crippen LogP contribution in [0.4, 0.5) is 0 Å². The Bertz CT molecular complexity index is 480. The van der Waals surface area contributed by atoms with E-state index in [0.29, 0.717) is 18.7 Å². The second-order valence-electron chi connectivity index (χ2n) is 3.67. The Kier molecular flexibility index (Phi) is 3.96. The molecule has 1 heterocycles. The fourth-order valence-electron chi connectivity index (χ4n) is 1.52. The molecule has 0 atom stereocenters. The minimum Gasteiger partial charge on any atom is -0.460 e. The summed E-state index contributed by atoms with van der Waals surface area (Å²) >= 11 is 0. The minimum absolute atomic E-state index is 0.0743. The van der Waals surface area contributed by atoms with Crippen molar-refractivity contribution in [2.24, 2.45) is 4.99 Å². The van der Waals surface area contributed by atoms with Gasteiger partial charge in [0, 0.05) is 6.42 Å². The normalized spacial score (nSPS) is 13.8. The van der Waals surface area contributed by atoms with E-state index < -0.39 is 5.97 Å². The smallest absolute Gasteiger partial charge is 0.377 e. The van der Waals surface area contributed by atoms with Crippen LogP contribution >= 0.6 is 0 Å². The fourth-order valence-corrected chi connectivity index (χ4v) is 1.52. The molecule has 2 rings (SSSR count). The third-order valence-corrected chi connectivity index (χ3v) is 2.30. The largest absolute Gasteiger partial charge is 0.460 e. The number of hydrogen-bond donors (Lipinski definition) is 1. The van der Waals surface area contributed by atoms with Crippen molar-refractivity contribution in [3.05, 3.63) is 47.9 Å². The maximum Gasteiger partial charge on any atom is 0.377 e. The number of nitrogens with zero attached hydrogens (tertiary/aromatic N) is 1. The Morgan fingerprint density at radius 3 is 2.89 bits per heavy atom. The number of carbonyl (C=O) groups is 1. The highest BCUT2D eigenvalue weighted by atomic mass is 16.6. The van der Waals surface area contributed by atoms with Crippen molar-refractivity contribution < 1.29 is 14.4 Å². The number of nitrogens with one attached hydrogen (secondary N) is 1. The summed E-state index contributed by atoms with van der Waals surface area (Å²) in [7, 11) is 0. The van der Waals surface area contributed by atoms with Gasteiger partial charge in [-0.3, -0.25) is 0 Å². The van der Waals surface area contributed by atoms with Crippen molar-refractivity contribution in [1.29, 1.82) is 0 Å². The zero-order valence-electron chi connectivity index (χ0n) is 10.1. The Morgan fingerprint density at radius 2 is 2.17 bits per heavy atom. The molecule has 0 bridgehead atoms. The van der Waals surface area contributed by atoms with Crippen molar-refractivity contribution in [2.75, 3.05) is 6.61 Å². The van der Waals surface area contributed by atoms with Crippen molar-refractivity contribution >= 4 is 11.8 Å². The van der Waals surface area contributed by atoms with E-state index in [1.807, 2.05) is 30.3 Å². The van der Waals surface area contributed by atoms with Gasteiger partial charge in [-0.05, 0) is 12.5 Å². The van der Waals surface area contributed by atoms with Gasteiger partial charge in [0.05, 0.1) is 12.3 Å². The molecule has 0 amide bonds. The van der Waals surface area contributed by atoms with E-state index in [4.69, 9.17) is 9.57 Å². The predicted octanol–water partition coefficient (Wildman–Crippen LogP) is 1.57. The van der Waals surface area contributed by atoms with E-state index in [0.717, 1.165) is 5.56 Å². The molecule has 94 valence electrons. The zero-order chi connectivity index (χ0) is 12.8. The summed E-state index contributed by atoms with van der Waals surface area (Å²) in [6, 6.07) is 9.83. The van der Waals surface area contributed by atoms with Gasteiger partial charge in [-0.15, -0.1) is 0 Å². The van der Waals surface area contributed by atoms with Gasteiger partial charge in [0.25, 0.3) is 0 Å². The number of benzene rings is 1. The molecule has 0 saturated carbocycles. The van der Waals surface area contributed by atoms with Crippen LogP contribution in [0.2, 0.25) is 0 Å². The molecule has 1 aromatic carbocycles. The Hall–Kier alpha value is -2.30. The SMILES string of the molecule is CCOC(=O)C1=NC(Cc2ccccc2)=CON1. The topological polar surface area (TPSA) is 59.9 Å². The Morgan fingerprint density at radius 1 is 1.39 bits per heavy atom. The molecule has 0 aromatic heterocycles. The van der Waals surface area contributed by atoms with Crippen LogP contribution in [0.5, 0.6) is 0 Å². The van der Waals surface area contributed by atoms with E-state index in [1.165, 1.54) is 6.26 Å². The lowest BCUT2D eigenvalue weighted by molar-refractivity contribution is -0.135. The first-order valence-corrected chi connectivity index (χ1v) is 5.70. The molecule has 1 aliphatic heterocycles. The standard InChI is InChI=1S/C13H14N2O3/c1-2-17-13(16)12-14-11(9-18-15-12)8-10-6-4-3-5-7-10/h3-7,9H,2,8H2,1H3,(H,14,15). The third kappa shape index (κ3) is 3.10. The summed E-state index contributed by atoms with van der Waals surface area (Å²) in [5.74, 6) is -0.443.